The number of carbonyl (C=O) groups is 1. The van der Waals surface area contributed by atoms with Crippen LogP contribution < -0.4 is 5.32 Å². The molecule has 1 N–H and O–H groups in total. The van der Waals surface area contributed by atoms with Gasteiger partial charge in [-0.25, -0.2) is 4.98 Å². The molecule has 2 rings (SSSR count). The zero-order valence-corrected chi connectivity index (χ0v) is 9.60. The normalized spacial score (nSPS) is 14.6. The molecule has 0 unspecified atom stereocenters. The Morgan fingerprint density at radius 2 is 2.31 bits per heavy atom. The van der Waals surface area contributed by atoms with E-state index in [4.69, 9.17) is 0 Å². The number of anilines is 1. The average molecular weight is 220 g/mol. The van der Waals surface area contributed by atoms with Crippen LogP contribution in [0.15, 0.2) is 12.4 Å². The predicted octanol–water partition coefficient (Wildman–Crippen LogP) is 1.14. The number of nitrogens with one attached hydrogen (secondary N) is 1. The van der Waals surface area contributed by atoms with Crippen molar-refractivity contribution in [2.75, 3.05) is 18.9 Å². The quantitative estimate of drug-likeness (QED) is 0.826. The predicted molar refractivity (Wildman–Crippen MR) is 61.3 cm³/mol. The second-order valence-electron chi connectivity index (χ2n) is 3.97. The van der Waals surface area contributed by atoms with Gasteiger partial charge in [-0.2, -0.15) is 0 Å². The number of amides is 1. The van der Waals surface area contributed by atoms with Crippen LogP contribution in [0.1, 0.15) is 30.3 Å². The molecule has 0 spiro atoms. The number of hydrogen-bond donors (Lipinski definition) is 1. The minimum Gasteiger partial charge on any atom is -0.369 e. The summed E-state index contributed by atoms with van der Waals surface area (Å²) in [6, 6.07) is 0.400. The van der Waals surface area contributed by atoms with Gasteiger partial charge < -0.3 is 10.2 Å². The highest BCUT2D eigenvalue weighted by Crippen LogP contribution is 2.26. The van der Waals surface area contributed by atoms with Gasteiger partial charge >= 0.3 is 0 Å². The molecular weight excluding hydrogens is 204 g/mol. The third kappa shape index (κ3) is 2.29. The SMILES string of the molecule is CCNc1cncc(C(=O)N(C)C2CC2)n1. The van der Waals surface area contributed by atoms with Crippen molar-refractivity contribution in [3.63, 3.8) is 0 Å². The molecule has 0 saturated heterocycles. The summed E-state index contributed by atoms with van der Waals surface area (Å²) in [6.45, 7) is 2.75. The summed E-state index contributed by atoms with van der Waals surface area (Å²) in [5.41, 5.74) is 0.410. The first kappa shape index (κ1) is 10.9. The molecule has 0 aromatic carbocycles. The van der Waals surface area contributed by atoms with E-state index in [2.05, 4.69) is 15.3 Å². The molecule has 0 atom stereocenters. The molecule has 1 fully saturated rings. The fourth-order valence-corrected chi connectivity index (χ4v) is 1.54. The van der Waals surface area contributed by atoms with Gasteiger partial charge in [0.15, 0.2) is 0 Å². The Hall–Kier alpha value is -1.65. The first-order valence-electron chi connectivity index (χ1n) is 5.55. The minimum atomic E-state index is -0.0465. The van der Waals surface area contributed by atoms with E-state index in [1.165, 1.54) is 6.20 Å². The van der Waals surface area contributed by atoms with Crippen LogP contribution in [0.4, 0.5) is 5.82 Å². The highest BCUT2D eigenvalue weighted by Gasteiger charge is 2.30. The van der Waals surface area contributed by atoms with Crippen molar-refractivity contribution >= 4 is 11.7 Å². The highest BCUT2D eigenvalue weighted by atomic mass is 16.2. The van der Waals surface area contributed by atoms with E-state index < -0.39 is 0 Å². The lowest BCUT2D eigenvalue weighted by atomic mass is 10.3. The number of nitrogens with zero attached hydrogens (tertiary/aromatic N) is 3. The summed E-state index contributed by atoms with van der Waals surface area (Å²) in [5.74, 6) is 0.604. The molecule has 1 aromatic heterocycles. The third-order valence-corrected chi connectivity index (χ3v) is 2.63. The summed E-state index contributed by atoms with van der Waals surface area (Å²) in [6.07, 6.45) is 5.34. The van der Waals surface area contributed by atoms with Gasteiger partial charge in [0, 0.05) is 19.6 Å². The lowest BCUT2D eigenvalue weighted by Gasteiger charge is -2.15. The fourth-order valence-electron chi connectivity index (χ4n) is 1.54. The van der Waals surface area contributed by atoms with Crippen LogP contribution in [-0.2, 0) is 0 Å². The van der Waals surface area contributed by atoms with Crippen LogP contribution in [0.3, 0.4) is 0 Å². The molecule has 5 nitrogen and oxygen atoms in total. The first-order valence-corrected chi connectivity index (χ1v) is 5.55. The Morgan fingerprint density at radius 1 is 1.56 bits per heavy atom. The standard InChI is InChI=1S/C11H16N4O/c1-3-13-10-7-12-6-9(14-10)11(16)15(2)8-4-5-8/h6-8H,3-5H2,1-2H3,(H,13,14). The molecule has 1 saturated carbocycles. The van der Waals surface area contributed by atoms with Crippen molar-refractivity contribution in [3.8, 4) is 0 Å². The maximum Gasteiger partial charge on any atom is 0.274 e. The number of carbonyl (C=O) groups excluding carboxylic acids is 1. The smallest absolute Gasteiger partial charge is 0.274 e. The molecule has 1 aromatic rings. The zero-order valence-electron chi connectivity index (χ0n) is 9.60. The maximum atomic E-state index is 12.0. The maximum absolute atomic E-state index is 12.0. The Kier molecular flexibility index (Phi) is 3.03. The van der Waals surface area contributed by atoms with Gasteiger partial charge in [0.25, 0.3) is 5.91 Å². The van der Waals surface area contributed by atoms with Crippen LogP contribution in [0.25, 0.3) is 0 Å². The Balaban J connectivity index is 2.12. The van der Waals surface area contributed by atoms with E-state index in [0.29, 0.717) is 17.6 Å². The molecule has 86 valence electrons. The molecule has 0 aliphatic heterocycles. The molecule has 1 amide bonds. The van der Waals surface area contributed by atoms with Crippen molar-refractivity contribution in [2.45, 2.75) is 25.8 Å². The van der Waals surface area contributed by atoms with Crippen molar-refractivity contribution in [2.24, 2.45) is 0 Å². The zero-order chi connectivity index (χ0) is 11.5. The van der Waals surface area contributed by atoms with Crippen LogP contribution in [-0.4, -0.2) is 40.4 Å². The van der Waals surface area contributed by atoms with E-state index in [-0.39, 0.29) is 5.91 Å². The Labute approximate surface area is 94.9 Å². The van der Waals surface area contributed by atoms with Crippen LogP contribution in [0.5, 0.6) is 0 Å². The Morgan fingerprint density at radius 3 is 2.94 bits per heavy atom. The van der Waals surface area contributed by atoms with E-state index in [1.807, 2.05) is 14.0 Å². The van der Waals surface area contributed by atoms with Gasteiger partial charge in [-0.15, -0.1) is 0 Å². The van der Waals surface area contributed by atoms with Crippen molar-refractivity contribution < 1.29 is 4.79 Å². The van der Waals surface area contributed by atoms with Crippen molar-refractivity contribution in [3.05, 3.63) is 18.1 Å². The third-order valence-electron chi connectivity index (χ3n) is 2.63. The summed E-state index contributed by atoms with van der Waals surface area (Å²) in [7, 11) is 1.82. The average Bonchev–Trinajstić information content (AvgIpc) is 3.12. The largest absolute Gasteiger partial charge is 0.369 e. The highest BCUT2D eigenvalue weighted by molar-refractivity contribution is 5.92. The lowest BCUT2D eigenvalue weighted by molar-refractivity contribution is 0.0779. The van der Waals surface area contributed by atoms with E-state index >= 15 is 0 Å². The first-order chi connectivity index (χ1) is 7.72. The van der Waals surface area contributed by atoms with E-state index in [9.17, 15) is 4.79 Å². The summed E-state index contributed by atoms with van der Waals surface area (Å²) in [4.78, 5) is 22.0. The minimum absolute atomic E-state index is 0.0465. The van der Waals surface area contributed by atoms with Gasteiger partial charge in [-0.3, -0.25) is 9.78 Å². The van der Waals surface area contributed by atoms with E-state index in [0.717, 1.165) is 19.4 Å². The van der Waals surface area contributed by atoms with Gasteiger partial charge in [-0.1, -0.05) is 0 Å². The topological polar surface area (TPSA) is 58.1 Å². The van der Waals surface area contributed by atoms with Crippen LogP contribution in [0, 0.1) is 0 Å². The second kappa shape index (κ2) is 4.47. The lowest BCUT2D eigenvalue weighted by Crippen LogP contribution is -2.29. The molecule has 0 bridgehead atoms. The number of aromatic nitrogens is 2. The van der Waals surface area contributed by atoms with Crippen molar-refractivity contribution in [1.29, 1.82) is 0 Å². The molecule has 0 radical (unpaired) electrons. The van der Waals surface area contributed by atoms with Crippen LogP contribution >= 0.6 is 0 Å². The number of hydrogen-bond acceptors (Lipinski definition) is 4. The fraction of sp³-hybridized carbons (Fsp3) is 0.545. The van der Waals surface area contributed by atoms with E-state index in [1.54, 1.807) is 11.1 Å². The molecule has 1 aliphatic carbocycles. The van der Waals surface area contributed by atoms with Crippen molar-refractivity contribution in [1.82, 2.24) is 14.9 Å². The summed E-state index contributed by atoms with van der Waals surface area (Å²) in [5, 5.41) is 3.04. The summed E-state index contributed by atoms with van der Waals surface area (Å²) < 4.78 is 0. The van der Waals surface area contributed by atoms with Gasteiger partial charge in [0.1, 0.15) is 11.5 Å². The monoisotopic (exact) mass is 220 g/mol. The summed E-state index contributed by atoms with van der Waals surface area (Å²) >= 11 is 0. The van der Waals surface area contributed by atoms with Gasteiger partial charge in [0.2, 0.25) is 0 Å². The molecule has 5 heteroatoms. The van der Waals surface area contributed by atoms with Crippen LogP contribution in [0.2, 0.25) is 0 Å². The molecule has 16 heavy (non-hydrogen) atoms. The molecule has 1 heterocycles. The molecule has 1 aliphatic rings. The van der Waals surface area contributed by atoms with Gasteiger partial charge in [-0.05, 0) is 19.8 Å². The number of rotatable bonds is 4. The second-order valence-corrected chi connectivity index (χ2v) is 3.97. The van der Waals surface area contributed by atoms with Gasteiger partial charge in [0.05, 0.1) is 12.4 Å². The Bertz CT molecular complexity index is 389. The molecular formula is C11H16N4O.